The average Bonchev–Trinajstić information content (AvgIpc) is 3.55. The third-order valence-corrected chi connectivity index (χ3v) is 8.33. The van der Waals surface area contributed by atoms with Crippen LogP contribution in [0.4, 0.5) is 5.00 Å². The van der Waals surface area contributed by atoms with E-state index in [9.17, 15) is 14.7 Å². The number of anilines is 1. The zero-order chi connectivity index (χ0) is 31.3. The van der Waals surface area contributed by atoms with Gasteiger partial charge in [0.2, 0.25) is 5.91 Å². The van der Waals surface area contributed by atoms with Crippen LogP contribution in [0, 0.1) is 17.8 Å². The molecule has 9 nitrogen and oxygen atoms in total. The number of carboxylic acids is 1. The SMILES string of the molecule is Cc1nsc(NC(=O)C(c2ccc3oc(CC(C)(C)C)nc3c2)C(C(=O)O)c2ccc3oc(CC(C)(C)C)nc3c2)c1Cl. The minimum absolute atomic E-state index is 0.0424. The van der Waals surface area contributed by atoms with Crippen LogP contribution in [0.2, 0.25) is 5.02 Å². The summed E-state index contributed by atoms with van der Waals surface area (Å²) in [7, 11) is 0. The Morgan fingerprint density at radius 3 is 1.79 bits per heavy atom. The molecule has 43 heavy (non-hydrogen) atoms. The fraction of sp³-hybridized carbons (Fsp3) is 0.406. The van der Waals surface area contributed by atoms with Crippen molar-refractivity contribution in [1.82, 2.24) is 14.3 Å². The minimum Gasteiger partial charge on any atom is -0.481 e. The van der Waals surface area contributed by atoms with Crippen LogP contribution < -0.4 is 5.32 Å². The lowest BCUT2D eigenvalue weighted by Crippen LogP contribution is -2.30. The van der Waals surface area contributed by atoms with Gasteiger partial charge in [0, 0.05) is 12.8 Å². The number of benzene rings is 2. The van der Waals surface area contributed by atoms with Crippen LogP contribution in [0.15, 0.2) is 45.2 Å². The number of hydrogen-bond acceptors (Lipinski definition) is 8. The molecule has 0 bridgehead atoms. The Bertz CT molecular complexity index is 1820. The second-order valence-corrected chi connectivity index (χ2v) is 14.5. The predicted octanol–water partition coefficient (Wildman–Crippen LogP) is 8.16. The third-order valence-electron chi connectivity index (χ3n) is 6.90. The number of aryl methyl sites for hydroxylation is 1. The number of carboxylic acid groups (broad SMARTS) is 1. The number of halogens is 1. The molecule has 2 aromatic carbocycles. The summed E-state index contributed by atoms with van der Waals surface area (Å²) in [6, 6.07) is 10.2. The molecule has 0 aliphatic rings. The van der Waals surface area contributed by atoms with E-state index in [-0.39, 0.29) is 10.8 Å². The van der Waals surface area contributed by atoms with E-state index in [0.29, 0.717) is 73.7 Å². The number of carbonyl (C=O) groups is 2. The van der Waals surface area contributed by atoms with Crippen molar-refractivity contribution in [2.45, 2.75) is 73.1 Å². The van der Waals surface area contributed by atoms with Crippen LogP contribution in [0.25, 0.3) is 22.2 Å². The van der Waals surface area contributed by atoms with Crippen LogP contribution in [0.5, 0.6) is 0 Å². The predicted molar refractivity (Wildman–Crippen MR) is 168 cm³/mol. The molecule has 11 heteroatoms. The molecule has 0 radical (unpaired) electrons. The van der Waals surface area contributed by atoms with Gasteiger partial charge in [-0.3, -0.25) is 9.59 Å². The van der Waals surface area contributed by atoms with Crippen molar-refractivity contribution in [3.05, 3.63) is 70.0 Å². The van der Waals surface area contributed by atoms with Crippen molar-refractivity contribution in [1.29, 1.82) is 0 Å². The fourth-order valence-corrected chi connectivity index (χ4v) is 5.97. The van der Waals surface area contributed by atoms with E-state index in [0.717, 1.165) is 11.5 Å². The summed E-state index contributed by atoms with van der Waals surface area (Å²) in [6.45, 7) is 14.3. The summed E-state index contributed by atoms with van der Waals surface area (Å²) < 4.78 is 16.1. The van der Waals surface area contributed by atoms with Gasteiger partial charge in [0.25, 0.3) is 0 Å². The molecular formula is C32H35ClN4O5S. The van der Waals surface area contributed by atoms with E-state index in [1.165, 1.54) is 0 Å². The molecule has 0 aliphatic carbocycles. The number of rotatable bonds is 8. The average molecular weight is 623 g/mol. The number of amides is 1. The summed E-state index contributed by atoms with van der Waals surface area (Å²) in [5, 5.41) is 14.1. The zero-order valence-electron chi connectivity index (χ0n) is 25.2. The van der Waals surface area contributed by atoms with Crippen molar-refractivity contribution >= 4 is 62.2 Å². The minimum atomic E-state index is -1.27. The molecule has 0 saturated heterocycles. The molecule has 226 valence electrons. The first-order chi connectivity index (χ1) is 20.1. The van der Waals surface area contributed by atoms with Crippen molar-refractivity contribution in [2.24, 2.45) is 10.8 Å². The van der Waals surface area contributed by atoms with Crippen LogP contribution in [0.1, 0.15) is 82.0 Å². The highest BCUT2D eigenvalue weighted by Gasteiger charge is 2.38. The van der Waals surface area contributed by atoms with E-state index < -0.39 is 23.7 Å². The van der Waals surface area contributed by atoms with Gasteiger partial charge in [-0.2, -0.15) is 4.37 Å². The summed E-state index contributed by atoms with van der Waals surface area (Å²) in [5.41, 5.74) is 3.56. The fourth-order valence-electron chi connectivity index (χ4n) is 5.03. The second-order valence-electron chi connectivity index (χ2n) is 13.3. The molecule has 2 atom stereocenters. The molecule has 3 aromatic heterocycles. The smallest absolute Gasteiger partial charge is 0.312 e. The molecule has 5 aromatic rings. The maximum atomic E-state index is 14.0. The Balaban J connectivity index is 1.60. The Morgan fingerprint density at radius 1 is 0.884 bits per heavy atom. The number of aromatic nitrogens is 3. The van der Waals surface area contributed by atoms with Crippen molar-refractivity contribution in [2.75, 3.05) is 5.32 Å². The largest absolute Gasteiger partial charge is 0.481 e. The number of hydrogen-bond donors (Lipinski definition) is 2. The highest BCUT2D eigenvalue weighted by Crippen LogP contribution is 2.39. The molecule has 0 fully saturated rings. The maximum Gasteiger partial charge on any atom is 0.312 e. The molecule has 3 heterocycles. The van der Waals surface area contributed by atoms with Crippen LogP contribution in [-0.2, 0) is 22.4 Å². The first kappa shape index (κ1) is 30.7. The van der Waals surface area contributed by atoms with E-state index >= 15 is 0 Å². The molecule has 1 amide bonds. The molecule has 2 N–H and O–H groups in total. The van der Waals surface area contributed by atoms with E-state index in [1.807, 2.05) is 0 Å². The number of aliphatic carboxylic acids is 1. The lowest BCUT2D eigenvalue weighted by atomic mass is 9.80. The number of nitrogens with one attached hydrogen (secondary N) is 1. The van der Waals surface area contributed by atoms with Crippen molar-refractivity contribution in [3.8, 4) is 0 Å². The van der Waals surface area contributed by atoms with E-state index in [2.05, 4.69) is 61.2 Å². The molecule has 2 unspecified atom stereocenters. The summed E-state index contributed by atoms with van der Waals surface area (Å²) in [5.74, 6) is -2.98. The molecule has 5 rings (SSSR count). The van der Waals surface area contributed by atoms with Gasteiger partial charge in [-0.15, -0.1) is 0 Å². The summed E-state index contributed by atoms with van der Waals surface area (Å²) >= 11 is 7.43. The summed E-state index contributed by atoms with van der Waals surface area (Å²) in [6.07, 6.45) is 1.24. The monoisotopic (exact) mass is 622 g/mol. The number of oxazole rings is 2. The highest BCUT2D eigenvalue weighted by molar-refractivity contribution is 7.11. The quantitative estimate of drug-likeness (QED) is 0.177. The normalized spacial score (nSPS) is 13.9. The van der Waals surface area contributed by atoms with Crippen LogP contribution in [0.3, 0.4) is 0 Å². The Hall–Kier alpha value is -3.76. The van der Waals surface area contributed by atoms with Crippen molar-refractivity contribution in [3.63, 3.8) is 0 Å². The lowest BCUT2D eigenvalue weighted by Gasteiger charge is -2.24. The Kier molecular flexibility index (Phi) is 8.13. The summed E-state index contributed by atoms with van der Waals surface area (Å²) in [4.78, 5) is 36.3. The standard InChI is InChI=1S/C32H35ClN4O5S/c1-16-27(33)29(43-37-16)36-28(38)25(17-8-10-21-19(12-17)34-23(41-21)14-31(2,3)4)26(30(39)40)18-9-11-22-20(13-18)35-24(42-22)15-32(5,6)7/h8-13,25-26H,14-15H2,1-7H3,(H,36,38)(H,39,40). The molecule has 0 saturated carbocycles. The van der Waals surface area contributed by atoms with Gasteiger partial charge in [-0.25, -0.2) is 9.97 Å². The molecule has 0 spiro atoms. The van der Waals surface area contributed by atoms with Gasteiger partial charge >= 0.3 is 5.97 Å². The lowest BCUT2D eigenvalue weighted by molar-refractivity contribution is -0.141. The number of nitrogens with zero attached hydrogens (tertiary/aromatic N) is 3. The van der Waals surface area contributed by atoms with Gasteiger partial charge in [0.05, 0.1) is 22.6 Å². The first-order valence-corrected chi connectivity index (χ1v) is 15.2. The van der Waals surface area contributed by atoms with Crippen LogP contribution >= 0.6 is 23.1 Å². The Morgan fingerprint density at radius 2 is 1.37 bits per heavy atom. The van der Waals surface area contributed by atoms with Gasteiger partial charge < -0.3 is 19.3 Å². The van der Waals surface area contributed by atoms with Gasteiger partial charge in [0.1, 0.15) is 16.0 Å². The van der Waals surface area contributed by atoms with Gasteiger partial charge in [-0.1, -0.05) is 65.3 Å². The Labute approximate surface area is 258 Å². The first-order valence-electron chi connectivity index (χ1n) is 14.0. The molecular weight excluding hydrogens is 588 g/mol. The van der Waals surface area contributed by atoms with Gasteiger partial charge in [-0.05, 0) is 64.7 Å². The maximum absolute atomic E-state index is 14.0. The number of carbonyl (C=O) groups excluding carboxylic acids is 1. The van der Waals surface area contributed by atoms with E-state index in [1.54, 1.807) is 43.3 Å². The zero-order valence-corrected chi connectivity index (χ0v) is 26.8. The molecule has 0 aliphatic heterocycles. The number of fused-ring (bicyclic) bond motifs is 2. The van der Waals surface area contributed by atoms with Crippen molar-refractivity contribution < 1.29 is 23.5 Å². The highest BCUT2D eigenvalue weighted by atomic mass is 35.5. The topological polar surface area (TPSA) is 131 Å². The third kappa shape index (κ3) is 6.91. The van der Waals surface area contributed by atoms with Gasteiger partial charge in [0.15, 0.2) is 22.9 Å². The second kappa shape index (κ2) is 11.4. The van der Waals surface area contributed by atoms with E-state index in [4.69, 9.17) is 20.4 Å². The van der Waals surface area contributed by atoms with Crippen LogP contribution in [-0.4, -0.2) is 31.3 Å².